The molecule has 1 amide bonds. The van der Waals surface area contributed by atoms with Gasteiger partial charge in [-0.25, -0.2) is 4.98 Å². The van der Waals surface area contributed by atoms with Crippen LogP contribution in [-0.4, -0.2) is 15.5 Å². The topological polar surface area (TPSA) is 64.0 Å². The first-order valence-electron chi connectivity index (χ1n) is 10.4. The molecule has 0 radical (unpaired) electrons. The standard InChI is InChI=1S/C27H21N3O2/c1-18-11-13-21-24(15-18)30(16-22(27(21)32)19-7-3-2-4-8-19)17-26(31)29-25-14-12-20-9-5-6-10-23(20)28-25/h2-16H,17H2,1H3,(H,28,29,31). The maximum absolute atomic E-state index is 13.2. The lowest BCUT2D eigenvalue weighted by atomic mass is 10.0. The zero-order valence-electron chi connectivity index (χ0n) is 17.6. The molecule has 0 aliphatic carbocycles. The molecule has 0 aliphatic heterocycles. The van der Waals surface area contributed by atoms with Crippen LogP contribution in [0.5, 0.6) is 0 Å². The third-order valence-corrected chi connectivity index (χ3v) is 5.50. The van der Waals surface area contributed by atoms with E-state index in [2.05, 4.69) is 10.3 Å². The fourth-order valence-electron chi connectivity index (χ4n) is 3.93. The number of carbonyl (C=O) groups excluding carboxylic acids is 1. The van der Waals surface area contributed by atoms with Crippen molar-refractivity contribution in [3.05, 3.63) is 107 Å². The summed E-state index contributed by atoms with van der Waals surface area (Å²) in [6.45, 7) is 2.03. The Morgan fingerprint density at radius 2 is 1.72 bits per heavy atom. The van der Waals surface area contributed by atoms with Crippen LogP contribution in [0.15, 0.2) is 95.9 Å². The van der Waals surface area contributed by atoms with Crippen molar-refractivity contribution >= 4 is 33.5 Å². The summed E-state index contributed by atoms with van der Waals surface area (Å²) in [7, 11) is 0. The SMILES string of the molecule is Cc1ccc2c(=O)c(-c3ccccc3)cn(CC(=O)Nc3ccc4ccccc4n3)c2c1. The van der Waals surface area contributed by atoms with Gasteiger partial charge < -0.3 is 9.88 Å². The van der Waals surface area contributed by atoms with Gasteiger partial charge >= 0.3 is 0 Å². The zero-order valence-corrected chi connectivity index (χ0v) is 17.6. The summed E-state index contributed by atoms with van der Waals surface area (Å²) >= 11 is 0. The summed E-state index contributed by atoms with van der Waals surface area (Å²) in [4.78, 5) is 30.6. The van der Waals surface area contributed by atoms with Crippen molar-refractivity contribution in [1.29, 1.82) is 0 Å². The number of benzene rings is 3. The van der Waals surface area contributed by atoms with Crippen LogP contribution in [0.25, 0.3) is 32.9 Å². The molecule has 1 N–H and O–H groups in total. The molecule has 5 rings (SSSR count). The van der Waals surface area contributed by atoms with Crippen LogP contribution in [0.1, 0.15) is 5.56 Å². The molecular formula is C27H21N3O2. The van der Waals surface area contributed by atoms with Crippen molar-refractivity contribution in [2.75, 3.05) is 5.32 Å². The van der Waals surface area contributed by atoms with Gasteiger partial charge in [-0.2, -0.15) is 0 Å². The van der Waals surface area contributed by atoms with Gasteiger partial charge in [0.1, 0.15) is 12.4 Å². The molecule has 0 unspecified atom stereocenters. The molecule has 5 heteroatoms. The number of nitrogens with one attached hydrogen (secondary N) is 1. The minimum atomic E-state index is -0.210. The second-order valence-corrected chi connectivity index (χ2v) is 7.82. The summed E-state index contributed by atoms with van der Waals surface area (Å²) in [5, 5.41) is 4.49. The summed E-state index contributed by atoms with van der Waals surface area (Å²) in [6, 6.07) is 26.7. The van der Waals surface area contributed by atoms with Crippen LogP contribution < -0.4 is 10.7 Å². The van der Waals surface area contributed by atoms with E-state index in [0.717, 1.165) is 27.5 Å². The van der Waals surface area contributed by atoms with Gasteiger partial charge in [0.2, 0.25) is 5.91 Å². The van der Waals surface area contributed by atoms with E-state index in [0.29, 0.717) is 16.8 Å². The Bertz CT molecular complexity index is 1520. The molecule has 0 bridgehead atoms. The van der Waals surface area contributed by atoms with E-state index in [1.165, 1.54) is 0 Å². The summed E-state index contributed by atoms with van der Waals surface area (Å²) in [6.07, 6.45) is 1.77. The van der Waals surface area contributed by atoms with E-state index < -0.39 is 0 Å². The number of para-hydroxylation sites is 1. The van der Waals surface area contributed by atoms with Crippen LogP contribution in [0.3, 0.4) is 0 Å². The summed E-state index contributed by atoms with van der Waals surface area (Å²) in [5.74, 6) is 0.289. The Hall–Kier alpha value is -4.25. The van der Waals surface area contributed by atoms with Gasteiger partial charge in [0.25, 0.3) is 0 Å². The number of rotatable bonds is 4. The Morgan fingerprint density at radius 1 is 0.938 bits per heavy atom. The molecule has 0 spiro atoms. The van der Waals surface area contributed by atoms with Crippen molar-refractivity contribution < 1.29 is 4.79 Å². The number of aromatic nitrogens is 2. The van der Waals surface area contributed by atoms with Crippen molar-refractivity contribution in [3.63, 3.8) is 0 Å². The second kappa shape index (κ2) is 8.12. The Morgan fingerprint density at radius 3 is 2.56 bits per heavy atom. The normalized spacial score (nSPS) is 11.0. The molecule has 0 atom stereocenters. The number of pyridine rings is 2. The first-order valence-corrected chi connectivity index (χ1v) is 10.4. The molecule has 5 aromatic rings. The quantitative estimate of drug-likeness (QED) is 0.437. The highest BCUT2D eigenvalue weighted by molar-refractivity contribution is 5.93. The fourth-order valence-corrected chi connectivity index (χ4v) is 3.93. The zero-order chi connectivity index (χ0) is 22.1. The van der Waals surface area contributed by atoms with E-state index in [1.54, 1.807) is 12.3 Å². The summed E-state index contributed by atoms with van der Waals surface area (Å²) < 4.78 is 1.84. The number of amides is 1. The van der Waals surface area contributed by atoms with Crippen molar-refractivity contribution in [2.24, 2.45) is 0 Å². The lowest BCUT2D eigenvalue weighted by Gasteiger charge is -2.14. The van der Waals surface area contributed by atoms with Gasteiger partial charge in [-0.3, -0.25) is 9.59 Å². The van der Waals surface area contributed by atoms with Crippen LogP contribution in [0, 0.1) is 6.92 Å². The average Bonchev–Trinajstić information content (AvgIpc) is 2.81. The second-order valence-electron chi connectivity index (χ2n) is 7.82. The molecule has 2 heterocycles. The van der Waals surface area contributed by atoms with E-state index in [-0.39, 0.29) is 17.9 Å². The number of carbonyl (C=O) groups is 1. The van der Waals surface area contributed by atoms with Gasteiger partial charge in [-0.1, -0.05) is 54.6 Å². The number of fused-ring (bicyclic) bond motifs is 2. The molecule has 0 saturated carbocycles. The first kappa shape index (κ1) is 19.7. The molecule has 0 saturated heterocycles. The Balaban J connectivity index is 1.53. The monoisotopic (exact) mass is 419 g/mol. The van der Waals surface area contributed by atoms with E-state index in [9.17, 15) is 9.59 Å². The van der Waals surface area contributed by atoms with Gasteiger partial charge in [0.15, 0.2) is 5.43 Å². The minimum absolute atomic E-state index is 0.0425. The highest BCUT2D eigenvalue weighted by Gasteiger charge is 2.13. The number of anilines is 1. The lowest BCUT2D eigenvalue weighted by molar-refractivity contribution is -0.116. The Kier molecular flexibility index (Phi) is 5.00. The highest BCUT2D eigenvalue weighted by Crippen LogP contribution is 2.21. The van der Waals surface area contributed by atoms with E-state index in [1.807, 2.05) is 90.4 Å². The third kappa shape index (κ3) is 3.76. The lowest BCUT2D eigenvalue weighted by Crippen LogP contribution is -2.22. The third-order valence-electron chi connectivity index (χ3n) is 5.50. The largest absolute Gasteiger partial charge is 0.337 e. The molecule has 3 aromatic carbocycles. The van der Waals surface area contributed by atoms with Crippen LogP contribution >= 0.6 is 0 Å². The number of aryl methyl sites for hydroxylation is 1. The number of nitrogens with zero attached hydrogens (tertiary/aromatic N) is 2. The van der Waals surface area contributed by atoms with Crippen molar-refractivity contribution in [2.45, 2.75) is 13.5 Å². The smallest absolute Gasteiger partial charge is 0.245 e. The number of hydrogen-bond donors (Lipinski definition) is 1. The van der Waals surface area contributed by atoms with Crippen LogP contribution in [0.2, 0.25) is 0 Å². The molecule has 156 valence electrons. The maximum Gasteiger partial charge on any atom is 0.245 e. The van der Waals surface area contributed by atoms with Crippen molar-refractivity contribution in [1.82, 2.24) is 9.55 Å². The predicted octanol–water partition coefficient (Wildman–Crippen LogP) is 5.16. The van der Waals surface area contributed by atoms with Crippen LogP contribution in [-0.2, 0) is 11.3 Å². The van der Waals surface area contributed by atoms with Gasteiger partial charge in [0.05, 0.1) is 11.0 Å². The minimum Gasteiger partial charge on any atom is -0.337 e. The molecule has 32 heavy (non-hydrogen) atoms. The summed E-state index contributed by atoms with van der Waals surface area (Å²) in [5.41, 5.74) is 3.93. The molecule has 0 fully saturated rings. The van der Waals surface area contributed by atoms with E-state index >= 15 is 0 Å². The molecule has 2 aromatic heterocycles. The predicted molar refractivity (Wildman–Crippen MR) is 129 cm³/mol. The molecular weight excluding hydrogens is 398 g/mol. The number of hydrogen-bond acceptors (Lipinski definition) is 3. The fraction of sp³-hybridized carbons (Fsp3) is 0.0741. The van der Waals surface area contributed by atoms with E-state index in [4.69, 9.17) is 0 Å². The van der Waals surface area contributed by atoms with Gasteiger partial charge in [0, 0.05) is 22.5 Å². The molecule has 0 aliphatic rings. The van der Waals surface area contributed by atoms with Gasteiger partial charge in [-0.15, -0.1) is 0 Å². The first-order chi connectivity index (χ1) is 15.6. The van der Waals surface area contributed by atoms with Crippen molar-refractivity contribution in [3.8, 4) is 11.1 Å². The highest BCUT2D eigenvalue weighted by atomic mass is 16.2. The average molecular weight is 419 g/mol. The maximum atomic E-state index is 13.2. The van der Waals surface area contributed by atoms with Crippen LogP contribution in [0.4, 0.5) is 5.82 Å². The Labute approximate surface area is 185 Å². The van der Waals surface area contributed by atoms with Gasteiger partial charge in [-0.05, 0) is 48.4 Å². The molecule has 5 nitrogen and oxygen atoms in total.